The van der Waals surface area contributed by atoms with Crippen molar-refractivity contribution in [3.05, 3.63) is 101 Å². The number of nitrogens with zero attached hydrogens (tertiary/aromatic N) is 2. The van der Waals surface area contributed by atoms with Crippen molar-refractivity contribution in [1.29, 1.82) is 0 Å². The molecule has 246 valence electrons. The molecule has 0 fully saturated rings. The van der Waals surface area contributed by atoms with Crippen LogP contribution in [0.25, 0.3) is 6.08 Å². The van der Waals surface area contributed by atoms with E-state index in [1.54, 1.807) is 42.7 Å². The maximum atomic E-state index is 13.1. The van der Waals surface area contributed by atoms with Gasteiger partial charge < -0.3 is 24.1 Å². The van der Waals surface area contributed by atoms with Gasteiger partial charge in [-0.2, -0.15) is 8.78 Å². The number of alkyl halides is 2. The molecule has 8 nitrogen and oxygen atoms in total. The fourth-order valence-electron chi connectivity index (χ4n) is 4.87. The van der Waals surface area contributed by atoms with Crippen molar-refractivity contribution in [2.75, 3.05) is 25.1 Å². The standard InChI is InChI=1S/C35H41F2N3O5S/c1-4-6-19-43-20-21-44-30-13-7-26(8-14-30)27-9-17-33(45-35(36)37)28(22-27)10-18-34(41)39-29-11-15-31(16-12-29)46(42)23-32-25(3)38-24-40(32)5-2/h7,9-18,22,24,26,35H,4-6,8,19-21,23H2,1-3H3,(H,39,41)/b18-10+/t26?,46-/m0/s1. The molecule has 1 aromatic heterocycles. The quantitative estimate of drug-likeness (QED) is 0.120. The van der Waals surface area contributed by atoms with Gasteiger partial charge in [0.15, 0.2) is 0 Å². The third kappa shape index (κ3) is 10.2. The number of hydrogen-bond acceptors (Lipinski definition) is 6. The Morgan fingerprint density at radius 1 is 1.15 bits per heavy atom. The molecule has 1 aliphatic rings. The number of imidazole rings is 1. The van der Waals surface area contributed by atoms with E-state index < -0.39 is 23.3 Å². The van der Waals surface area contributed by atoms with E-state index in [-0.39, 0.29) is 11.7 Å². The highest BCUT2D eigenvalue weighted by Crippen LogP contribution is 2.32. The number of benzene rings is 2. The van der Waals surface area contributed by atoms with Crippen LogP contribution in [-0.4, -0.2) is 46.1 Å². The van der Waals surface area contributed by atoms with Gasteiger partial charge in [-0.25, -0.2) is 4.98 Å². The highest BCUT2D eigenvalue weighted by atomic mass is 32.2. The first-order valence-electron chi connectivity index (χ1n) is 15.4. The molecule has 11 heteroatoms. The lowest BCUT2D eigenvalue weighted by atomic mass is 9.90. The lowest BCUT2D eigenvalue weighted by molar-refractivity contribution is -0.111. The van der Waals surface area contributed by atoms with Gasteiger partial charge in [0, 0.05) is 41.3 Å². The van der Waals surface area contributed by atoms with Crippen LogP contribution in [0.2, 0.25) is 0 Å². The molecule has 0 bridgehead atoms. The molecule has 0 radical (unpaired) electrons. The molecular formula is C35H41F2N3O5S. The number of ether oxygens (including phenoxy) is 3. The van der Waals surface area contributed by atoms with Crippen LogP contribution in [0, 0.1) is 6.92 Å². The van der Waals surface area contributed by atoms with E-state index >= 15 is 0 Å². The van der Waals surface area contributed by atoms with E-state index in [1.165, 1.54) is 18.2 Å². The molecular weight excluding hydrogens is 612 g/mol. The first kappa shape index (κ1) is 34.8. The molecule has 46 heavy (non-hydrogen) atoms. The van der Waals surface area contributed by atoms with Crippen LogP contribution >= 0.6 is 0 Å². The fourth-order valence-corrected chi connectivity index (χ4v) is 6.10. The average Bonchev–Trinajstić information content (AvgIpc) is 3.41. The minimum absolute atomic E-state index is 0.00485. The first-order valence-corrected chi connectivity index (χ1v) is 16.7. The second-order valence-corrected chi connectivity index (χ2v) is 12.1. The van der Waals surface area contributed by atoms with E-state index in [9.17, 15) is 17.8 Å². The Labute approximate surface area is 271 Å². The molecule has 1 amide bonds. The number of nitrogens with one attached hydrogen (secondary N) is 1. The van der Waals surface area contributed by atoms with Crippen LogP contribution in [0.15, 0.2) is 83.8 Å². The molecule has 2 atom stereocenters. The summed E-state index contributed by atoms with van der Waals surface area (Å²) in [6, 6.07) is 11.7. The van der Waals surface area contributed by atoms with Gasteiger partial charge in [0.1, 0.15) is 18.1 Å². The molecule has 1 N–H and O–H groups in total. The van der Waals surface area contributed by atoms with Gasteiger partial charge in [0.25, 0.3) is 0 Å². The topological polar surface area (TPSA) is 91.7 Å². The Hall–Kier alpha value is -4.09. The number of aromatic nitrogens is 2. The summed E-state index contributed by atoms with van der Waals surface area (Å²) in [6.07, 6.45) is 13.1. The van der Waals surface area contributed by atoms with Crippen LogP contribution in [0.5, 0.6) is 5.75 Å². The zero-order valence-electron chi connectivity index (χ0n) is 26.4. The number of carbonyl (C=O) groups excluding carboxylic acids is 1. The van der Waals surface area contributed by atoms with Crippen molar-refractivity contribution >= 4 is 28.5 Å². The largest absolute Gasteiger partial charge is 0.492 e. The summed E-state index contributed by atoms with van der Waals surface area (Å²) in [4.78, 5) is 17.7. The normalized spacial score (nSPS) is 15.3. The molecule has 1 aliphatic carbocycles. The minimum Gasteiger partial charge on any atom is -0.492 e. The SMILES string of the molecule is CCCCOCCOC1=CCC(c2ccc(OC(F)F)c(/C=C/C(=O)Nc3ccc([S@@](=O)Cc4c(C)ncn4CC)cc3)c2)C=C1. The summed E-state index contributed by atoms with van der Waals surface area (Å²) < 4.78 is 57.2. The second kappa shape index (κ2) is 17.6. The third-order valence-electron chi connectivity index (χ3n) is 7.45. The van der Waals surface area contributed by atoms with E-state index in [2.05, 4.69) is 17.2 Å². The summed E-state index contributed by atoms with van der Waals surface area (Å²) >= 11 is 0. The van der Waals surface area contributed by atoms with Gasteiger partial charge in [0.2, 0.25) is 5.91 Å². The maximum Gasteiger partial charge on any atom is 0.387 e. The average molecular weight is 654 g/mol. The number of anilines is 1. The highest BCUT2D eigenvalue weighted by molar-refractivity contribution is 7.84. The summed E-state index contributed by atoms with van der Waals surface area (Å²) in [5, 5.41) is 2.76. The molecule has 1 heterocycles. The zero-order chi connectivity index (χ0) is 32.9. The zero-order valence-corrected chi connectivity index (χ0v) is 27.2. The number of rotatable bonds is 17. The van der Waals surface area contributed by atoms with Gasteiger partial charge in [-0.3, -0.25) is 9.00 Å². The van der Waals surface area contributed by atoms with Crippen LogP contribution in [0.4, 0.5) is 14.5 Å². The number of halogens is 2. The third-order valence-corrected chi connectivity index (χ3v) is 8.78. The fraction of sp³-hybridized carbons (Fsp3) is 0.371. The predicted octanol–water partition coefficient (Wildman–Crippen LogP) is 7.53. The summed E-state index contributed by atoms with van der Waals surface area (Å²) in [5.74, 6) is 0.628. The summed E-state index contributed by atoms with van der Waals surface area (Å²) in [7, 11) is -1.29. The Bertz CT molecular complexity index is 1570. The van der Waals surface area contributed by atoms with Gasteiger partial charge in [-0.15, -0.1) is 0 Å². The minimum atomic E-state index is -3.01. The number of allylic oxidation sites excluding steroid dienone is 3. The van der Waals surface area contributed by atoms with Crippen molar-refractivity contribution in [2.24, 2.45) is 0 Å². The summed E-state index contributed by atoms with van der Waals surface area (Å²) in [5.41, 5.74) is 3.52. The van der Waals surface area contributed by atoms with Gasteiger partial charge in [-0.05, 0) is 86.9 Å². The Balaban J connectivity index is 1.36. The number of hydrogen-bond donors (Lipinski definition) is 1. The molecule has 0 aliphatic heterocycles. The van der Waals surface area contributed by atoms with E-state index in [1.807, 2.05) is 36.6 Å². The molecule has 3 aromatic rings. The molecule has 0 spiro atoms. The number of aryl methyl sites for hydroxylation is 2. The van der Waals surface area contributed by atoms with Crippen molar-refractivity contribution < 1.29 is 32.0 Å². The van der Waals surface area contributed by atoms with E-state index in [0.717, 1.165) is 48.7 Å². The number of amides is 1. The highest BCUT2D eigenvalue weighted by Gasteiger charge is 2.16. The Kier molecular flexibility index (Phi) is 13.3. The molecule has 0 saturated carbocycles. The van der Waals surface area contributed by atoms with Gasteiger partial charge in [0.05, 0.1) is 40.9 Å². The second-order valence-electron chi connectivity index (χ2n) is 10.7. The lowest BCUT2D eigenvalue weighted by Gasteiger charge is -2.19. The van der Waals surface area contributed by atoms with Crippen LogP contribution < -0.4 is 10.1 Å². The van der Waals surface area contributed by atoms with Crippen molar-refractivity contribution in [1.82, 2.24) is 9.55 Å². The smallest absolute Gasteiger partial charge is 0.387 e. The summed E-state index contributed by atoms with van der Waals surface area (Å²) in [6.45, 7) is 5.48. The van der Waals surface area contributed by atoms with Gasteiger partial charge in [-0.1, -0.05) is 25.5 Å². The number of unbranched alkanes of at least 4 members (excludes halogenated alkanes) is 1. The maximum absolute atomic E-state index is 13.1. The first-order chi connectivity index (χ1) is 22.3. The van der Waals surface area contributed by atoms with Crippen molar-refractivity contribution in [2.45, 2.75) is 69.8 Å². The van der Waals surface area contributed by atoms with Crippen LogP contribution in [0.1, 0.15) is 61.5 Å². The van der Waals surface area contributed by atoms with E-state index in [0.29, 0.717) is 41.5 Å². The number of carbonyl (C=O) groups is 1. The van der Waals surface area contributed by atoms with Crippen LogP contribution in [0.3, 0.4) is 0 Å². The molecule has 2 aromatic carbocycles. The van der Waals surface area contributed by atoms with Crippen LogP contribution in [-0.2, 0) is 37.4 Å². The lowest BCUT2D eigenvalue weighted by Crippen LogP contribution is -2.09. The van der Waals surface area contributed by atoms with Crippen molar-refractivity contribution in [3.63, 3.8) is 0 Å². The van der Waals surface area contributed by atoms with E-state index in [4.69, 9.17) is 14.2 Å². The molecule has 0 saturated heterocycles. The monoisotopic (exact) mass is 653 g/mol. The Morgan fingerprint density at radius 2 is 1.96 bits per heavy atom. The van der Waals surface area contributed by atoms with Gasteiger partial charge >= 0.3 is 6.61 Å². The predicted molar refractivity (Wildman–Crippen MR) is 176 cm³/mol. The molecule has 1 unspecified atom stereocenters. The Morgan fingerprint density at radius 3 is 2.65 bits per heavy atom. The van der Waals surface area contributed by atoms with Crippen molar-refractivity contribution in [3.8, 4) is 5.75 Å². The molecule has 4 rings (SSSR count).